The van der Waals surface area contributed by atoms with Crippen LogP contribution >= 0.6 is 0 Å². The molecule has 2 saturated heterocycles. The van der Waals surface area contributed by atoms with Gasteiger partial charge in [0, 0.05) is 77.9 Å². The van der Waals surface area contributed by atoms with Crippen LogP contribution < -0.4 is 5.32 Å². The number of aliphatic carboxylic acids is 1. The minimum absolute atomic E-state index is 0.0375. The highest BCUT2D eigenvalue weighted by Crippen LogP contribution is 2.14. The molecule has 0 aromatic heterocycles. The van der Waals surface area contributed by atoms with Crippen LogP contribution in [0, 0.1) is 0 Å². The third kappa shape index (κ3) is 21.2. The number of carbonyl (C=O) groups excluding carboxylic acids is 5. The highest BCUT2D eigenvalue weighted by atomic mass is 16.6. The Labute approximate surface area is 315 Å². The summed E-state index contributed by atoms with van der Waals surface area (Å²) in [5.74, 6) is -2.50. The number of nitrogens with zero attached hydrogens (tertiary/aromatic N) is 5. The van der Waals surface area contributed by atoms with Crippen LogP contribution in [-0.4, -0.2) is 180 Å². The summed E-state index contributed by atoms with van der Waals surface area (Å²) in [7, 11) is 0. The highest BCUT2D eigenvalue weighted by molar-refractivity contribution is 5.81. The van der Waals surface area contributed by atoms with E-state index in [1.807, 2.05) is 81.9 Å². The number of piperidine rings is 1. The van der Waals surface area contributed by atoms with Crippen molar-refractivity contribution < 1.29 is 48.1 Å². The van der Waals surface area contributed by atoms with Crippen LogP contribution in [0.4, 0.5) is 0 Å². The van der Waals surface area contributed by atoms with Gasteiger partial charge in [-0.3, -0.25) is 48.4 Å². The number of ether oxygens (including phenoxy) is 3. The van der Waals surface area contributed by atoms with Crippen LogP contribution in [0.25, 0.3) is 0 Å². The maximum Gasteiger partial charge on any atom is 0.320 e. The van der Waals surface area contributed by atoms with Crippen molar-refractivity contribution in [3.8, 4) is 0 Å². The van der Waals surface area contributed by atoms with Gasteiger partial charge in [0.1, 0.15) is 16.8 Å². The largest absolute Gasteiger partial charge is 0.481 e. The first-order valence-corrected chi connectivity index (χ1v) is 18.8. The number of hydrogen-bond acceptors (Lipinski definition) is 13. The number of nitrogens with one attached hydrogen (secondary N) is 1. The number of amides is 2. The lowest BCUT2D eigenvalue weighted by Crippen LogP contribution is -2.52. The Balaban J connectivity index is 2.22. The van der Waals surface area contributed by atoms with E-state index in [0.717, 1.165) is 0 Å². The number of carboxylic acid groups (broad SMARTS) is 1. The SMILES string of the molecule is CC(C)(C)OC(=O)CN1CCN(CC(=O)OC(C)(C)C)CCN(CC(=O)N2CCC(NC(=O)CCC(=O)O)CC2)CCN(CC(=O)OC(C)(C)C)CC1. The molecule has 2 fully saturated rings. The van der Waals surface area contributed by atoms with Crippen LogP contribution in [0.2, 0.25) is 0 Å². The number of likely N-dealkylation sites (tertiary alicyclic amines) is 1. The lowest BCUT2D eigenvalue weighted by molar-refractivity contribution is -0.158. The van der Waals surface area contributed by atoms with Crippen LogP contribution in [0.3, 0.4) is 0 Å². The number of carbonyl (C=O) groups is 6. The molecule has 304 valence electrons. The number of esters is 3. The smallest absolute Gasteiger partial charge is 0.320 e. The Morgan fingerprint density at radius 3 is 1.15 bits per heavy atom. The van der Waals surface area contributed by atoms with Crippen LogP contribution in [0.5, 0.6) is 0 Å². The van der Waals surface area contributed by atoms with Gasteiger partial charge in [0.05, 0.1) is 32.6 Å². The maximum atomic E-state index is 13.6. The second-order valence-corrected chi connectivity index (χ2v) is 17.0. The van der Waals surface area contributed by atoms with Crippen molar-refractivity contribution in [2.24, 2.45) is 0 Å². The van der Waals surface area contributed by atoms with Crippen molar-refractivity contribution in [3.63, 3.8) is 0 Å². The summed E-state index contributed by atoms with van der Waals surface area (Å²) in [6, 6.07) is -0.125. The minimum Gasteiger partial charge on any atom is -0.481 e. The van der Waals surface area contributed by atoms with Gasteiger partial charge < -0.3 is 29.5 Å². The predicted molar refractivity (Wildman–Crippen MR) is 198 cm³/mol. The first kappa shape index (κ1) is 45.8. The molecule has 0 atom stereocenters. The summed E-state index contributed by atoms with van der Waals surface area (Å²) in [5, 5.41) is 11.7. The predicted octanol–water partition coefficient (Wildman–Crippen LogP) is 1.21. The Morgan fingerprint density at radius 2 is 0.849 bits per heavy atom. The lowest BCUT2D eigenvalue weighted by Gasteiger charge is -2.36. The molecule has 2 amide bonds. The topological polar surface area (TPSA) is 179 Å². The fraction of sp³-hybridized carbons (Fsp3) is 0.838. The molecule has 2 N–H and O–H groups in total. The first-order valence-electron chi connectivity index (χ1n) is 18.8. The van der Waals surface area contributed by atoms with Crippen molar-refractivity contribution in [1.29, 1.82) is 0 Å². The summed E-state index contributed by atoms with van der Waals surface area (Å²) < 4.78 is 16.9. The number of hydrogen-bond donors (Lipinski definition) is 2. The number of rotatable bonds is 12. The van der Waals surface area contributed by atoms with Gasteiger partial charge in [-0.2, -0.15) is 0 Å². The van der Waals surface area contributed by atoms with Gasteiger partial charge in [-0.15, -0.1) is 0 Å². The van der Waals surface area contributed by atoms with Gasteiger partial charge in [0.25, 0.3) is 0 Å². The summed E-state index contributed by atoms with van der Waals surface area (Å²) in [6.07, 6.45) is 0.824. The van der Waals surface area contributed by atoms with Crippen LogP contribution in [0.15, 0.2) is 0 Å². The molecule has 16 heteroatoms. The third-order valence-electron chi connectivity index (χ3n) is 8.39. The van der Waals surface area contributed by atoms with Crippen molar-refractivity contribution in [2.45, 2.75) is 111 Å². The molecule has 2 aliphatic rings. The van der Waals surface area contributed by atoms with E-state index >= 15 is 0 Å². The van der Waals surface area contributed by atoms with Gasteiger partial charge in [-0.25, -0.2) is 0 Å². The number of carboxylic acids is 1. The molecule has 0 spiro atoms. The Hall–Kier alpha value is -3.34. The molecule has 2 heterocycles. The lowest BCUT2D eigenvalue weighted by atomic mass is 10.0. The summed E-state index contributed by atoms with van der Waals surface area (Å²) in [6.45, 7) is 21.1. The van der Waals surface area contributed by atoms with Crippen molar-refractivity contribution >= 4 is 35.7 Å². The molecule has 2 rings (SSSR count). The normalized spacial score (nSPS) is 18.7. The summed E-state index contributed by atoms with van der Waals surface area (Å²) in [5.41, 5.74) is -1.96. The molecular weight excluding hydrogens is 688 g/mol. The van der Waals surface area contributed by atoms with E-state index in [4.69, 9.17) is 19.3 Å². The van der Waals surface area contributed by atoms with E-state index in [1.165, 1.54) is 0 Å². The zero-order valence-corrected chi connectivity index (χ0v) is 33.7. The zero-order valence-electron chi connectivity index (χ0n) is 33.7. The van der Waals surface area contributed by atoms with Crippen LogP contribution in [-0.2, 0) is 43.0 Å². The van der Waals surface area contributed by atoms with E-state index in [0.29, 0.717) is 78.3 Å². The molecule has 0 aromatic rings. The monoisotopic (exact) mass is 754 g/mol. The Morgan fingerprint density at radius 1 is 0.528 bits per heavy atom. The molecule has 0 aromatic carbocycles. The average Bonchev–Trinajstić information content (AvgIpc) is 2.98. The molecular formula is C37H66N6O10. The Bertz CT molecular complexity index is 1190. The molecule has 0 aliphatic carbocycles. The van der Waals surface area contributed by atoms with Gasteiger partial charge >= 0.3 is 23.9 Å². The second-order valence-electron chi connectivity index (χ2n) is 17.0. The summed E-state index contributed by atoms with van der Waals surface area (Å²) >= 11 is 0. The molecule has 0 bridgehead atoms. The van der Waals surface area contributed by atoms with Crippen LogP contribution in [0.1, 0.15) is 88.0 Å². The van der Waals surface area contributed by atoms with Crippen molar-refractivity contribution in [3.05, 3.63) is 0 Å². The van der Waals surface area contributed by atoms with E-state index in [-0.39, 0.29) is 74.8 Å². The van der Waals surface area contributed by atoms with Gasteiger partial charge in [0.2, 0.25) is 11.8 Å². The van der Waals surface area contributed by atoms with Crippen molar-refractivity contribution in [2.75, 3.05) is 91.6 Å². The maximum absolute atomic E-state index is 13.6. The third-order valence-corrected chi connectivity index (χ3v) is 8.39. The quantitative estimate of drug-likeness (QED) is 0.215. The fourth-order valence-corrected chi connectivity index (χ4v) is 5.96. The minimum atomic E-state index is -1.02. The molecule has 0 unspecified atom stereocenters. The molecule has 0 saturated carbocycles. The molecule has 0 radical (unpaired) electrons. The standard InChI is InChI=1S/C37H66N6O10/c1-35(2,3)51-32(48)25-40-18-16-39(24-30(45)43-14-12-28(13-15-43)38-29(44)10-11-31(46)47)17-19-41(26-33(49)52-36(4,5)6)21-23-42(22-20-40)27-34(50)53-37(7,8)9/h28H,10-27H2,1-9H3,(H,38,44)(H,46,47). The molecule has 16 nitrogen and oxygen atoms in total. The molecule has 2 aliphatic heterocycles. The highest BCUT2D eigenvalue weighted by Gasteiger charge is 2.28. The fourth-order valence-electron chi connectivity index (χ4n) is 5.96. The second kappa shape index (κ2) is 20.9. The van der Waals surface area contributed by atoms with Gasteiger partial charge in [0.15, 0.2) is 0 Å². The van der Waals surface area contributed by atoms with E-state index < -0.39 is 22.8 Å². The van der Waals surface area contributed by atoms with E-state index in [9.17, 15) is 28.8 Å². The first-order chi connectivity index (χ1) is 24.5. The molecule has 53 heavy (non-hydrogen) atoms. The summed E-state index contributed by atoms with van der Waals surface area (Å²) in [4.78, 5) is 85.1. The van der Waals surface area contributed by atoms with Gasteiger partial charge in [-0.1, -0.05) is 0 Å². The van der Waals surface area contributed by atoms with E-state index in [2.05, 4.69) is 5.32 Å². The van der Waals surface area contributed by atoms with Gasteiger partial charge in [-0.05, 0) is 75.2 Å². The zero-order chi connectivity index (χ0) is 40.0. The van der Waals surface area contributed by atoms with E-state index in [1.54, 1.807) is 4.90 Å². The van der Waals surface area contributed by atoms with Crippen molar-refractivity contribution in [1.82, 2.24) is 29.8 Å². The Kier molecular flexibility index (Phi) is 18.1. The average molecular weight is 755 g/mol.